The molecule has 5 nitrogen and oxygen atoms in total. The second-order valence-corrected chi connectivity index (χ2v) is 5.85. The molecule has 2 aromatic carbocycles. The number of ether oxygens (including phenoxy) is 2. The van der Waals surface area contributed by atoms with Crippen LogP contribution in [0.4, 0.5) is 0 Å². The average molecular weight is 348 g/mol. The fourth-order valence-electron chi connectivity index (χ4n) is 2.30. The van der Waals surface area contributed by atoms with Gasteiger partial charge in [0.05, 0.1) is 13.2 Å². The summed E-state index contributed by atoms with van der Waals surface area (Å²) in [5.74, 6) is 1.79. The number of hydrogen-bond donors (Lipinski definition) is 0. The molecule has 1 atom stereocenters. The van der Waals surface area contributed by atoms with Crippen molar-refractivity contribution in [2.75, 3.05) is 13.2 Å². The summed E-state index contributed by atoms with van der Waals surface area (Å²) >= 11 is 5.84. The minimum atomic E-state index is -0.605. The normalized spacial score (nSPS) is 15.2. The lowest BCUT2D eigenvalue weighted by molar-refractivity contribution is -0.175. The fourth-order valence-corrected chi connectivity index (χ4v) is 2.43. The summed E-state index contributed by atoms with van der Waals surface area (Å²) in [4.78, 5) is 17.4. The number of halogens is 1. The number of carbonyl (C=O) groups is 1. The zero-order valence-electron chi connectivity index (χ0n) is 13.3. The Bertz CT molecular complexity index is 681. The van der Waals surface area contributed by atoms with Crippen LogP contribution < -0.4 is 9.47 Å². The van der Waals surface area contributed by atoms with Crippen LogP contribution in [-0.4, -0.2) is 30.2 Å². The van der Waals surface area contributed by atoms with Crippen molar-refractivity contribution in [2.45, 2.75) is 19.4 Å². The molecule has 6 heteroatoms. The van der Waals surface area contributed by atoms with Gasteiger partial charge in [0.1, 0.15) is 17.2 Å². The molecule has 0 saturated carbocycles. The number of benzene rings is 2. The first-order valence-corrected chi connectivity index (χ1v) is 8.14. The van der Waals surface area contributed by atoms with Crippen molar-refractivity contribution < 1.29 is 19.1 Å². The van der Waals surface area contributed by atoms with E-state index in [2.05, 4.69) is 0 Å². The molecule has 1 aliphatic rings. The number of nitrogens with zero attached hydrogens (tertiary/aromatic N) is 1. The Balaban J connectivity index is 1.57. The second kappa shape index (κ2) is 7.55. The van der Waals surface area contributed by atoms with Gasteiger partial charge in [-0.25, -0.2) is 5.06 Å². The van der Waals surface area contributed by atoms with Gasteiger partial charge in [0.15, 0.2) is 6.10 Å². The molecule has 0 radical (unpaired) electrons. The third kappa shape index (κ3) is 4.19. The van der Waals surface area contributed by atoms with Crippen molar-refractivity contribution in [1.29, 1.82) is 0 Å². The highest BCUT2D eigenvalue weighted by atomic mass is 35.5. The lowest BCUT2D eigenvalue weighted by Gasteiger charge is -2.20. The van der Waals surface area contributed by atoms with Crippen molar-refractivity contribution in [2.24, 2.45) is 0 Å². The van der Waals surface area contributed by atoms with Gasteiger partial charge in [0.2, 0.25) is 0 Å². The first-order chi connectivity index (χ1) is 11.6. The number of carbonyl (C=O) groups excluding carboxylic acids is 1. The molecule has 2 aromatic rings. The van der Waals surface area contributed by atoms with E-state index < -0.39 is 6.10 Å². The third-order valence-corrected chi connectivity index (χ3v) is 3.78. The van der Waals surface area contributed by atoms with Gasteiger partial charge in [-0.2, -0.15) is 0 Å². The predicted octanol–water partition coefficient (Wildman–Crippen LogP) is 4.06. The molecule has 1 amide bonds. The van der Waals surface area contributed by atoms with Gasteiger partial charge in [-0.15, -0.1) is 0 Å². The van der Waals surface area contributed by atoms with Crippen molar-refractivity contribution in [3.63, 3.8) is 0 Å². The summed E-state index contributed by atoms with van der Waals surface area (Å²) in [6, 6.07) is 14.2. The van der Waals surface area contributed by atoms with Crippen LogP contribution in [-0.2, 0) is 9.63 Å². The van der Waals surface area contributed by atoms with Gasteiger partial charge in [-0.05, 0) is 61.9 Å². The van der Waals surface area contributed by atoms with E-state index in [0.717, 1.165) is 6.42 Å². The highest BCUT2D eigenvalue weighted by Crippen LogP contribution is 2.25. The van der Waals surface area contributed by atoms with Crippen LogP contribution in [0.25, 0.3) is 0 Å². The number of amides is 1. The molecule has 1 unspecified atom stereocenters. The Morgan fingerprint density at radius 3 is 2.25 bits per heavy atom. The largest absolute Gasteiger partial charge is 0.481 e. The summed E-state index contributed by atoms with van der Waals surface area (Å²) in [6.07, 6.45) is 0.251. The molecule has 1 fully saturated rings. The molecule has 1 heterocycles. The van der Waals surface area contributed by atoms with E-state index in [1.165, 1.54) is 5.06 Å². The lowest BCUT2D eigenvalue weighted by atomic mass is 10.3. The Morgan fingerprint density at radius 1 is 1.08 bits per heavy atom. The summed E-state index contributed by atoms with van der Waals surface area (Å²) < 4.78 is 11.4. The number of hydroxylamine groups is 2. The summed E-state index contributed by atoms with van der Waals surface area (Å²) in [7, 11) is 0. The topological polar surface area (TPSA) is 48.0 Å². The SMILES string of the molecule is CC(Oc1ccc(Oc2ccc(Cl)cc2)cc1)C(=O)N1CCCO1. The van der Waals surface area contributed by atoms with E-state index in [9.17, 15) is 4.79 Å². The van der Waals surface area contributed by atoms with Crippen molar-refractivity contribution in [1.82, 2.24) is 5.06 Å². The highest BCUT2D eigenvalue weighted by Gasteiger charge is 2.25. The zero-order valence-corrected chi connectivity index (χ0v) is 14.0. The first kappa shape index (κ1) is 16.6. The minimum Gasteiger partial charge on any atom is -0.481 e. The van der Waals surface area contributed by atoms with E-state index in [-0.39, 0.29) is 5.91 Å². The average Bonchev–Trinajstić information content (AvgIpc) is 3.12. The summed E-state index contributed by atoms with van der Waals surface area (Å²) in [5, 5.41) is 2.02. The molecule has 3 rings (SSSR count). The van der Waals surface area contributed by atoms with Crippen LogP contribution in [0.1, 0.15) is 13.3 Å². The first-order valence-electron chi connectivity index (χ1n) is 7.76. The summed E-state index contributed by atoms with van der Waals surface area (Å²) in [6.45, 7) is 2.90. The standard InChI is InChI=1S/C18H18ClNO4/c1-13(18(21)20-11-2-12-22-20)23-15-7-9-17(10-8-15)24-16-5-3-14(19)4-6-16/h3-10,13H,2,11-12H2,1H3. The van der Waals surface area contributed by atoms with Gasteiger partial charge < -0.3 is 9.47 Å². The van der Waals surface area contributed by atoms with Gasteiger partial charge >= 0.3 is 0 Å². The van der Waals surface area contributed by atoms with Crippen LogP contribution in [0, 0.1) is 0 Å². The van der Waals surface area contributed by atoms with Crippen LogP contribution in [0.5, 0.6) is 17.2 Å². The van der Waals surface area contributed by atoms with E-state index in [1.807, 2.05) is 0 Å². The van der Waals surface area contributed by atoms with E-state index in [4.69, 9.17) is 25.9 Å². The van der Waals surface area contributed by atoms with Crippen LogP contribution >= 0.6 is 11.6 Å². The zero-order chi connectivity index (χ0) is 16.9. The van der Waals surface area contributed by atoms with Crippen molar-refractivity contribution in [3.8, 4) is 17.2 Å². The molecule has 24 heavy (non-hydrogen) atoms. The lowest BCUT2D eigenvalue weighted by Crippen LogP contribution is -2.37. The fraction of sp³-hybridized carbons (Fsp3) is 0.278. The molecule has 0 aliphatic carbocycles. The van der Waals surface area contributed by atoms with E-state index in [0.29, 0.717) is 35.4 Å². The minimum absolute atomic E-state index is 0.172. The van der Waals surface area contributed by atoms with E-state index in [1.54, 1.807) is 55.5 Å². The van der Waals surface area contributed by atoms with Crippen LogP contribution in [0.3, 0.4) is 0 Å². The Kier molecular flexibility index (Phi) is 5.23. The Morgan fingerprint density at radius 2 is 1.67 bits per heavy atom. The molecule has 126 valence electrons. The van der Waals surface area contributed by atoms with Crippen molar-refractivity contribution >= 4 is 17.5 Å². The molecule has 0 spiro atoms. The number of rotatable bonds is 5. The summed E-state index contributed by atoms with van der Waals surface area (Å²) in [5.41, 5.74) is 0. The second-order valence-electron chi connectivity index (χ2n) is 5.41. The molecule has 0 aromatic heterocycles. The predicted molar refractivity (Wildman–Crippen MR) is 90.3 cm³/mol. The van der Waals surface area contributed by atoms with Gasteiger partial charge in [0, 0.05) is 5.02 Å². The number of hydrogen-bond acceptors (Lipinski definition) is 4. The third-order valence-electron chi connectivity index (χ3n) is 3.53. The molecule has 0 N–H and O–H groups in total. The highest BCUT2D eigenvalue weighted by molar-refractivity contribution is 6.30. The van der Waals surface area contributed by atoms with Gasteiger partial charge in [-0.3, -0.25) is 9.63 Å². The molecular weight excluding hydrogens is 330 g/mol. The molecular formula is C18H18ClNO4. The van der Waals surface area contributed by atoms with Crippen LogP contribution in [0.15, 0.2) is 48.5 Å². The molecule has 0 bridgehead atoms. The molecule has 1 saturated heterocycles. The van der Waals surface area contributed by atoms with Gasteiger partial charge in [0.25, 0.3) is 5.91 Å². The maximum absolute atomic E-state index is 12.1. The quantitative estimate of drug-likeness (QED) is 0.818. The smallest absolute Gasteiger partial charge is 0.286 e. The Hall–Kier alpha value is -2.24. The van der Waals surface area contributed by atoms with Gasteiger partial charge in [-0.1, -0.05) is 11.6 Å². The van der Waals surface area contributed by atoms with Crippen LogP contribution in [0.2, 0.25) is 5.02 Å². The maximum atomic E-state index is 12.1. The Labute approximate surface area is 145 Å². The molecule has 1 aliphatic heterocycles. The van der Waals surface area contributed by atoms with Crippen molar-refractivity contribution in [3.05, 3.63) is 53.6 Å². The maximum Gasteiger partial charge on any atom is 0.286 e. The monoisotopic (exact) mass is 347 g/mol. The van der Waals surface area contributed by atoms with E-state index >= 15 is 0 Å².